The molecule has 0 aliphatic carbocycles. The number of carbonyl (C=O) groups is 1. The SMILES string of the molecule is CCCCOCCNC(=O)c1c[nH]c(C)cc1=O. The molecule has 0 unspecified atom stereocenters. The maximum Gasteiger partial charge on any atom is 0.256 e. The van der Waals surface area contributed by atoms with Crippen LogP contribution in [0.3, 0.4) is 0 Å². The number of rotatable bonds is 7. The molecule has 0 aromatic carbocycles. The van der Waals surface area contributed by atoms with Crippen molar-refractivity contribution < 1.29 is 9.53 Å². The van der Waals surface area contributed by atoms with Crippen LogP contribution in [0.15, 0.2) is 17.1 Å². The number of pyridine rings is 1. The predicted octanol–water partition coefficient (Wildman–Crippen LogP) is 1.23. The Morgan fingerprint density at radius 3 is 2.89 bits per heavy atom. The quantitative estimate of drug-likeness (QED) is 0.717. The maximum absolute atomic E-state index is 11.7. The van der Waals surface area contributed by atoms with Gasteiger partial charge in [-0.05, 0) is 13.3 Å². The van der Waals surface area contributed by atoms with E-state index < -0.39 is 0 Å². The number of nitrogens with one attached hydrogen (secondary N) is 2. The van der Waals surface area contributed by atoms with Crippen molar-refractivity contribution in [3.63, 3.8) is 0 Å². The van der Waals surface area contributed by atoms with Crippen molar-refractivity contribution in [3.05, 3.63) is 33.7 Å². The maximum atomic E-state index is 11.7. The van der Waals surface area contributed by atoms with Gasteiger partial charge in [0, 0.05) is 31.1 Å². The Hall–Kier alpha value is -1.62. The number of hydrogen-bond donors (Lipinski definition) is 2. The summed E-state index contributed by atoms with van der Waals surface area (Å²) in [5.74, 6) is -0.365. The molecule has 0 radical (unpaired) electrons. The molecular formula is C13H20N2O3. The van der Waals surface area contributed by atoms with Crippen LogP contribution >= 0.6 is 0 Å². The van der Waals surface area contributed by atoms with Crippen LogP contribution in [0.2, 0.25) is 0 Å². The Balaban J connectivity index is 2.34. The minimum absolute atomic E-state index is 0.133. The number of aryl methyl sites for hydroxylation is 1. The van der Waals surface area contributed by atoms with Crippen molar-refractivity contribution in [3.8, 4) is 0 Å². The number of hydrogen-bond acceptors (Lipinski definition) is 3. The molecule has 100 valence electrons. The van der Waals surface area contributed by atoms with E-state index in [1.165, 1.54) is 12.3 Å². The molecule has 1 aromatic rings. The van der Waals surface area contributed by atoms with Gasteiger partial charge in [0.25, 0.3) is 5.91 Å². The van der Waals surface area contributed by atoms with Gasteiger partial charge in [0.2, 0.25) is 0 Å². The standard InChI is InChI=1S/C13H20N2O3/c1-3-4-6-18-7-5-14-13(17)11-9-15-10(2)8-12(11)16/h8-9H,3-7H2,1-2H3,(H,14,17)(H,15,16). The average molecular weight is 252 g/mol. The third-order valence-electron chi connectivity index (χ3n) is 2.48. The molecule has 18 heavy (non-hydrogen) atoms. The van der Waals surface area contributed by atoms with Gasteiger partial charge < -0.3 is 15.0 Å². The van der Waals surface area contributed by atoms with E-state index in [2.05, 4.69) is 17.2 Å². The third-order valence-corrected chi connectivity index (χ3v) is 2.48. The van der Waals surface area contributed by atoms with Crippen molar-refractivity contribution in [2.45, 2.75) is 26.7 Å². The predicted molar refractivity (Wildman–Crippen MR) is 69.9 cm³/mol. The number of aromatic amines is 1. The first-order valence-electron chi connectivity index (χ1n) is 6.20. The summed E-state index contributed by atoms with van der Waals surface area (Å²) in [5, 5.41) is 2.65. The second-order valence-electron chi connectivity index (χ2n) is 4.12. The number of unbranched alkanes of at least 4 members (excludes halogenated alkanes) is 1. The van der Waals surface area contributed by atoms with E-state index in [1.807, 2.05) is 0 Å². The van der Waals surface area contributed by atoms with Gasteiger partial charge in [0.05, 0.1) is 6.61 Å². The van der Waals surface area contributed by atoms with Gasteiger partial charge >= 0.3 is 0 Å². The van der Waals surface area contributed by atoms with E-state index in [0.29, 0.717) is 19.8 Å². The van der Waals surface area contributed by atoms with Gasteiger partial charge in [0.1, 0.15) is 5.56 Å². The van der Waals surface area contributed by atoms with Crippen LogP contribution in [0.5, 0.6) is 0 Å². The lowest BCUT2D eigenvalue weighted by Crippen LogP contribution is -2.31. The molecule has 0 fully saturated rings. The third kappa shape index (κ3) is 4.71. The summed E-state index contributed by atoms with van der Waals surface area (Å²) >= 11 is 0. The topological polar surface area (TPSA) is 71.2 Å². The lowest BCUT2D eigenvalue weighted by molar-refractivity contribution is 0.0911. The molecule has 0 spiro atoms. The van der Waals surface area contributed by atoms with Crippen LogP contribution in [0.4, 0.5) is 0 Å². The zero-order valence-electron chi connectivity index (χ0n) is 10.9. The highest BCUT2D eigenvalue weighted by Gasteiger charge is 2.08. The molecule has 1 heterocycles. The lowest BCUT2D eigenvalue weighted by atomic mass is 10.2. The highest BCUT2D eigenvalue weighted by molar-refractivity contribution is 5.93. The van der Waals surface area contributed by atoms with Crippen molar-refractivity contribution >= 4 is 5.91 Å². The van der Waals surface area contributed by atoms with Crippen LogP contribution < -0.4 is 10.7 Å². The number of H-pyrrole nitrogens is 1. The second kappa shape index (κ2) is 7.66. The molecule has 5 heteroatoms. The molecule has 2 N–H and O–H groups in total. The Kier molecular flexibility index (Phi) is 6.14. The summed E-state index contributed by atoms with van der Waals surface area (Å²) < 4.78 is 5.31. The first-order valence-corrected chi connectivity index (χ1v) is 6.20. The van der Waals surface area contributed by atoms with Crippen LogP contribution in [-0.4, -0.2) is 30.6 Å². The average Bonchev–Trinajstić information content (AvgIpc) is 2.33. The van der Waals surface area contributed by atoms with E-state index in [1.54, 1.807) is 6.92 Å². The van der Waals surface area contributed by atoms with Gasteiger partial charge in [-0.1, -0.05) is 13.3 Å². The van der Waals surface area contributed by atoms with Crippen LogP contribution in [0.25, 0.3) is 0 Å². The van der Waals surface area contributed by atoms with E-state index in [-0.39, 0.29) is 16.9 Å². The zero-order chi connectivity index (χ0) is 13.4. The van der Waals surface area contributed by atoms with Crippen molar-refractivity contribution in [2.75, 3.05) is 19.8 Å². The van der Waals surface area contributed by atoms with Crippen LogP contribution in [0, 0.1) is 6.92 Å². The molecule has 1 amide bonds. The molecule has 1 aromatic heterocycles. The molecule has 0 atom stereocenters. The van der Waals surface area contributed by atoms with Gasteiger partial charge in [-0.3, -0.25) is 9.59 Å². The van der Waals surface area contributed by atoms with E-state index in [0.717, 1.165) is 18.5 Å². The van der Waals surface area contributed by atoms with E-state index in [9.17, 15) is 9.59 Å². The summed E-state index contributed by atoms with van der Waals surface area (Å²) in [6.07, 6.45) is 3.54. The Labute approximate surface area is 107 Å². The molecule has 1 rings (SSSR count). The van der Waals surface area contributed by atoms with Crippen molar-refractivity contribution in [2.24, 2.45) is 0 Å². The molecular weight excluding hydrogens is 232 g/mol. The van der Waals surface area contributed by atoms with Gasteiger partial charge in [-0.25, -0.2) is 0 Å². The summed E-state index contributed by atoms with van der Waals surface area (Å²) in [4.78, 5) is 26.1. The highest BCUT2D eigenvalue weighted by atomic mass is 16.5. The fourth-order valence-electron chi connectivity index (χ4n) is 1.43. The van der Waals surface area contributed by atoms with Gasteiger partial charge in [-0.2, -0.15) is 0 Å². The second-order valence-corrected chi connectivity index (χ2v) is 4.12. The summed E-state index contributed by atoms with van der Waals surface area (Å²) in [7, 11) is 0. The minimum atomic E-state index is -0.365. The van der Waals surface area contributed by atoms with E-state index in [4.69, 9.17) is 4.74 Å². The fourth-order valence-corrected chi connectivity index (χ4v) is 1.43. The molecule has 5 nitrogen and oxygen atoms in total. The molecule has 0 bridgehead atoms. The van der Waals surface area contributed by atoms with Crippen LogP contribution in [0.1, 0.15) is 35.8 Å². The number of aromatic nitrogens is 1. The summed E-state index contributed by atoms with van der Waals surface area (Å²) in [6, 6.07) is 1.41. The summed E-state index contributed by atoms with van der Waals surface area (Å²) in [6.45, 7) is 5.45. The normalized spacial score (nSPS) is 10.3. The molecule has 0 saturated heterocycles. The zero-order valence-corrected chi connectivity index (χ0v) is 10.9. The Morgan fingerprint density at radius 2 is 2.22 bits per heavy atom. The Morgan fingerprint density at radius 1 is 1.44 bits per heavy atom. The number of carbonyl (C=O) groups excluding carboxylic acids is 1. The van der Waals surface area contributed by atoms with E-state index >= 15 is 0 Å². The fraction of sp³-hybridized carbons (Fsp3) is 0.538. The van der Waals surface area contributed by atoms with Gasteiger partial charge in [-0.15, -0.1) is 0 Å². The number of ether oxygens (including phenoxy) is 1. The smallest absolute Gasteiger partial charge is 0.256 e. The first-order chi connectivity index (χ1) is 8.65. The number of amides is 1. The van der Waals surface area contributed by atoms with Crippen molar-refractivity contribution in [1.82, 2.24) is 10.3 Å². The molecule has 0 aliphatic heterocycles. The molecule has 0 saturated carbocycles. The minimum Gasteiger partial charge on any atom is -0.380 e. The first kappa shape index (κ1) is 14.4. The summed E-state index contributed by atoms with van der Waals surface area (Å²) in [5.41, 5.74) is 0.601. The molecule has 0 aliphatic rings. The van der Waals surface area contributed by atoms with Gasteiger partial charge in [0.15, 0.2) is 5.43 Å². The largest absolute Gasteiger partial charge is 0.380 e. The Bertz CT molecular complexity index is 440. The van der Waals surface area contributed by atoms with Crippen LogP contribution in [-0.2, 0) is 4.74 Å². The lowest BCUT2D eigenvalue weighted by Gasteiger charge is -2.06. The monoisotopic (exact) mass is 252 g/mol. The van der Waals surface area contributed by atoms with Crippen molar-refractivity contribution in [1.29, 1.82) is 0 Å². The highest BCUT2D eigenvalue weighted by Crippen LogP contribution is 1.92.